The maximum Gasteiger partial charge on any atom is 0.0101 e. The quantitative estimate of drug-likeness (QED) is 0.796. The van der Waals surface area contributed by atoms with Gasteiger partial charge in [0.2, 0.25) is 0 Å². The summed E-state index contributed by atoms with van der Waals surface area (Å²) >= 11 is 0. The van der Waals surface area contributed by atoms with Gasteiger partial charge in [-0.3, -0.25) is 0 Å². The molecule has 2 aliphatic carbocycles. The van der Waals surface area contributed by atoms with Crippen molar-refractivity contribution in [2.24, 2.45) is 5.92 Å². The SMILES string of the molecule is CCNC(CC1Cc2ccccc21)C1CC1. The zero-order valence-corrected chi connectivity index (χ0v) is 10.1. The predicted octanol–water partition coefficient (Wildman–Crippen LogP) is 3.10. The summed E-state index contributed by atoms with van der Waals surface area (Å²) < 4.78 is 0. The third-order valence-corrected chi connectivity index (χ3v) is 4.16. The topological polar surface area (TPSA) is 12.0 Å². The Balaban J connectivity index is 1.63. The monoisotopic (exact) mass is 215 g/mol. The van der Waals surface area contributed by atoms with Crippen LogP contribution in [0.4, 0.5) is 0 Å². The molecule has 1 nitrogen and oxygen atoms in total. The Morgan fingerprint density at radius 2 is 2.12 bits per heavy atom. The first kappa shape index (κ1) is 10.3. The van der Waals surface area contributed by atoms with Gasteiger partial charge in [0, 0.05) is 6.04 Å². The van der Waals surface area contributed by atoms with Crippen LogP contribution in [0, 0.1) is 5.92 Å². The summed E-state index contributed by atoms with van der Waals surface area (Å²) in [7, 11) is 0. The van der Waals surface area contributed by atoms with E-state index in [1.54, 1.807) is 11.1 Å². The second-order valence-corrected chi connectivity index (χ2v) is 5.34. The first-order chi connectivity index (χ1) is 7.88. The predicted molar refractivity (Wildman–Crippen MR) is 67.7 cm³/mol. The molecule has 1 N–H and O–H groups in total. The van der Waals surface area contributed by atoms with E-state index in [2.05, 4.69) is 36.5 Å². The number of rotatable bonds is 5. The van der Waals surface area contributed by atoms with Crippen LogP contribution in [0.2, 0.25) is 0 Å². The minimum Gasteiger partial charge on any atom is -0.314 e. The molecule has 3 rings (SSSR count). The van der Waals surface area contributed by atoms with Gasteiger partial charge in [-0.25, -0.2) is 0 Å². The van der Waals surface area contributed by atoms with E-state index < -0.39 is 0 Å². The summed E-state index contributed by atoms with van der Waals surface area (Å²) in [5, 5.41) is 3.67. The third kappa shape index (κ3) is 1.89. The molecule has 0 spiro atoms. The molecule has 1 aromatic rings. The molecule has 0 bridgehead atoms. The Morgan fingerprint density at radius 3 is 2.81 bits per heavy atom. The Kier molecular flexibility index (Phi) is 2.72. The number of hydrogen-bond donors (Lipinski definition) is 1. The molecule has 2 aliphatic rings. The molecular formula is C15H21N. The normalized spacial score (nSPS) is 24.7. The van der Waals surface area contributed by atoms with Crippen molar-refractivity contribution in [2.45, 2.75) is 44.6 Å². The highest BCUT2D eigenvalue weighted by atomic mass is 14.9. The molecule has 0 heterocycles. The third-order valence-electron chi connectivity index (χ3n) is 4.16. The van der Waals surface area contributed by atoms with Crippen molar-refractivity contribution in [3.63, 3.8) is 0 Å². The van der Waals surface area contributed by atoms with Crippen LogP contribution >= 0.6 is 0 Å². The molecule has 0 saturated heterocycles. The van der Waals surface area contributed by atoms with Gasteiger partial charge in [-0.15, -0.1) is 0 Å². The Bertz CT molecular complexity index is 367. The molecule has 2 unspecified atom stereocenters. The van der Waals surface area contributed by atoms with Crippen LogP contribution in [-0.2, 0) is 6.42 Å². The zero-order valence-electron chi connectivity index (χ0n) is 10.1. The number of nitrogens with one attached hydrogen (secondary N) is 1. The Hall–Kier alpha value is -0.820. The maximum atomic E-state index is 3.67. The molecule has 0 amide bonds. The summed E-state index contributed by atoms with van der Waals surface area (Å²) in [5.74, 6) is 1.81. The van der Waals surface area contributed by atoms with Gasteiger partial charge in [-0.2, -0.15) is 0 Å². The van der Waals surface area contributed by atoms with Crippen molar-refractivity contribution >= 4 is 0 Å². The Morgan fingerprint density at radius 1 is 1.31 bits per heavy atom. The number of fused-ring (bicyclic) bond motifs is 1. The molecule has 1 fully saturated rings. The minimum atomic E-state index is 0.781. The summed E-state index contributed by atoms with van der Waals surface area (Å²) in [5.41, 5.74) is 3.20. The zero-order chi connectivity index (χ0) is 11.0. The fourth-order valence-electron chi connectivity index (χ4n) is 3.08. The highest BCUT2D eigenvalue weighted by Crippen LogP contribution is 2.42. The molecule has 1 heteroatoms. The largest absolute Gasteiger partial charge is 0.314 e. The lowest BCUT2D eigenvalue weighted by atomic mass is 9.74. The fourth-order valence-corrected chi connectivity index (χ4v) is 3.08. The number of benzene rings is 1. The van der Waals surface area contributed by atoms with Crippen molar-refractivity contribution in [2.75, 3.05) is 6.54 Å². The van der Waals surface area contributed by atoms with E-state index in [4.69, 9.17) is 0 Å². The standard InChI is InChI=1S/C15H21N/c1-2-16-15(11-7-8-11)10-13-9-12-5-3-4-6-14(12)13/h3-6,11,13,15-16H,2,7-10H2,1H3. The van der Waals surface area contributed by atoms with E-state index in [9.17, 15) is 0 Å². The highest BCUT2D eigenvalue weighted by molar-refractivity contribution is 5.40. The lowest BCUT2D eigenvalue weighted by Crippen LogP contribution is -2.34. The first-order valence-electron chi connectivity index (χ1n) is 6.69. The summed E-state index contributed by atoms with van der Waals surface area (Å²) in [4.78, 5) is 0. The van der Waals surface area contributed by atoms with E-state index in [1.165, 1.54) is 25.7 Å². The molecule has 1 aromatic carbocycles. The van der Waals surface area contributed by atoms with E-state index >= 15 is 0 Å². The van der Waals surface area contributed by atoms with Crippen molar-refractivity contribution in [3.8, 4) is 0 Å². The molecule has 0 radical (unpaired) electrons. The van der Waals surface area contributed by atoms with Crippen LogP contribution in [0.1, 0.15) is 43.2 Å². The second kappa shape index (κ2) is 4.21. The molecule has 1 saturated carbocycles. The van der Waals surface area contributed by atoms with Crippen molar-refractivity contribution in [1.29, 1.82) is 0 Å². The van der Waals surface area contributed by atoms with Crippen LogP contribution in [0.15, 0.2) is 24.3 Å². The second-order valence-electron chi connectivity index (χ2n) is 5.34. The number of hydrogen-bond acceptors (Lipinski definition) is 1. The average Bonchev–Trinajstić information content (AvgIpc) is 3.08. The van der Waals surface area contributed by atoms with Gasteiger partial charge in [0.05, 0.1) is 0 Å². The molecular weight excluding hydrogens is 194 g/mol. The molecule has 0 aromatic heterocycles. The van der Waals surface area contributed by atoms with Crippen LogP contribution < -0.4 is 5.32 Å². The van der Waals surface area contributed by atoms with Crippen LogP contribution in [0.3, 0.4) is 0 Å². The van der Waals surface area contributed by atoms with Crippen molar-refractivity contribution in [3.05, 3.63) is 35.4 Å². The maximum absolute atomic E-state index is 3.67. The van der Waals surface area contributed by atoms with E-state index in [1.807, 2.05) is 0 Å². The van der Waals surface area contributed by atoms with Gasteiger partial charge in [-0.05, 0) is 55.2 Å². The van der Waals surface area contributed by atoms with Crippen molar-refractivity contribution < 1.29 is 0 Å². The lowest BCUT2D eigenvalue weighted by Gasteiger charge is -2.33. The van der Waals surface area contributed by atoms with Crippen LogP contribution in [-0.4, -0.2) is 12.6 Å². The first-order valence-corrected chi connectivity index (χ1v) is 6.69. The molecule has 2 atom stereocenters. The van der Waals surface area contributed by atoms with E-state index in [-0.39, 0.29) is 0 Å². The molecule has 16 heavy (non-hydrogen) atoms. The van der Waals surface area contributed by atoms with Gasteiger partial charge in [0.1, 0.15) is 0 Å². The summed E-state index contributed by atoms with van der Waals surface area (Å²) in [6, 6.07) is 9.73. The highest BCUT2D eigenvalue weighted by Gasteiger charge is 2.35. The lowest BCUT2D eigenvalue weighted by molar-refractivity contribution is 0.391. The minimum absolute atomic E-state index is 0.781. The van der Waals surface area contributed by atoms with Gasteiger partial charge in [0.25, 0.3) is 0 Å². The van der Waals surface area contributed by atoms with Crippen LogP contribution in [0.5, 0.6) is 0 Å². The summed E-state index contributed by atoms with van der Waals surface area (Å²) in [6.45, 7) is 3.35. The molecule has 0 aliphatic heterocycles. The fraction of sp³-hybridized carbons (Fsp3) is 0.600. The Labute approximate surface area is 98.3 Å². The van der Waals surface area contributed by atoms with E-state index in [0.29, 0.717) is 0 Å². The van der Waals surface area contributed by atoms with Gasteiger partial charge >= 0.3 is 0 Å². The molecule has 86 valence electrons. The average molecular weight is 215 g/mol. The van der Waals surface area contributed by atoms with E-state index in [0.717, 1.165) is 24.4 Å². The summed E-state index contributed by atoms with van der Waals surface area (Å²) in [6.07, 6.45) is 5.57. The van der Waals surface area contributed by atoms with Gasteiger partial charge < -0.3 is 5.32 Å². The van der Waals surface area contributed by atoms with Gasteiger partial charge in [-0.1, -0.05) is 31.2 Å². The van der Waals surface area contributed by atoms with Crippen molar-refractivity contribution in [1.82, 2.24) is 5.32 Å². The van der Waals surface area contributed by atoms with Gasteiger partial charge in [0.15, 0.2) is 0 Å². The van der Waals surface area contributed by atoms with Crippen LogP contribution in [0.25, 0.3) is 0 Å². The smallest absolute Gasteiger partial charge is 0.0101 e.